The van der Waals surface area contributed by atoms with E-state index in [1.165, 1.54) is 12.8 Å². The smallest absolute Gasteiger partial charge is 0.274 e. The number of H-pyrrole nitrogens is 1. The number of nitrogens with zero attached hydrogens (tertiary/aromatic N) is 5. The standard InChI is InChI=1S/C24H29N7O2/c1-14-12-20(33-30-14)18-13-25-24(26-16-6-7-16)27-21(18)15-8-10-31(11-9-15)23(32)22-17-4-2-3-5-19(17)28-29-22/h12-13,15-16H,2-11H2,1H3,(H,28,29)(H,25,26,27). The highest BCUT2D eigenvalue weighted by molar-refractivity contribution is 5.94. The van der Waals surface area contributed by atoms with Crippen molar-refractivity contribution < 1.29 is 9.32 Å². The molecule has 0 spiro atoms. The zero-order valence-electron chi connectivity index (χ0n) is 18.9. The monoisotopic (exact) mass is 447 g/mol. The van der Waals surface area contributed by atoms with Crippen molar-refractivity contribution in [3.05, 3.63) is 40.6 Å². The Hall–Kier alpha value is -3.23. The predicted molar refractivity (Wildman–Crippen MR) is 122 cm³/mol. The summed E-state index contributed by atoms with van der Waals surface area (Å²) in [5.74, 6) is 1.65. The van der Waals surface area contributed by atoms with E-state index in [2.05, 4.69) is 25.7 Å². The second-order valence-corrected chi connectivity index (χ2v) is 9.55. The molecule has 172 valence electrons. The number of aryl methyl sites for hydroxylation is 2. The lowest BCUT2D eigenvalue weighted by Crippen LogP contribution is -2.38. The van der Waals surface area contributed by atoms with Gasteiger partial charge in [0.2, 0.25) is 5.95 Å². The molecular weight excluding hydrogens is 418 g/mol. The van der Waals surface area contributed by atoms with Crippen molar-refractivity contribution in [2.45, 2.75) is 70.3 Å². The van der Waals surface area contributed by atoms with Gasteiger partial charge in [-0.25, -0.2) is 9.97 Å². The number of rotatable bonds is 5. The highest BCUT2D eigenvalue weighted by Crippen LogP contribution is 2.36. The molecule has 6 rings (SSSR count). The van der Waals surface area contributed by atoms with Gasteiger partial charge in [0.15, 0.2) is 11.5 Å². The molecule has 9 nitrogen and oxygen atoms in total. The van der Waals surface area contributed by atoms with E-state index in [0.717, 1.165) is 66.7 Å². The summed E-state index contributed by atoms with van der Waals surface area (Å²) < 4.78 is 5.55. The fourth-order valence-corrected chi connectivity index (χ4v) is 5.03. The lowest BCUT2D eigenvalue weighted by atomic mass is 9.89. The molecule has 0 atom stereocenters. The van der Waals surface area contributed by atoms with Crippen molar-refractivity contribution in [1.82, 2.24) is 30.2 Å². The summed E-state index contributed by atoms with van der Waals surface area (Å²) >= 11 is 0. The number of nitrogens with one attached hydrogen (secondary N) is 2. The van der Waals surface area contributed by atoms with E-state index < -0.39 is 0 Å². The molecule has 3 aromatic rings. The molecule has 4 heterocycles. The van der Waals surface area contributed by atoms with Crippen LogP contribution in [-0.2, 0) is 12.8 Å². The van der Waals surface area contributed by atoms with Crippen LogP contribution in [0.1, 0.15) is 77.6 Å². The maximum Gasteiger partial charge on any atom is 0.274 e. The molecule has 33 heavy (non-hydrogen) atoms. The third-order valence-corrected chi connectivity index (χ3v) is 7.05. The van der Waals surface area contributed by atoms with Gasteiger partial charge in [-0.15, -0.1) is 0 Å². The minimum Gasteiger partial charge on any atom is -0.356 e. The van der Waals surface area contributed by atoms with Crippen molar-refractivity contribution in [3.63, 3.8) is 0 Å². The second kappa shape index (κ2) is 8.28. The number of aromatic nitrogens is 5. The number of hydrogen-bond donors (Lipinski definition) is 2. The lowest BCUT2D eigenvalue weighted by molar-refractivity contribution is 0.0705. The highest BCUT2D eigenvalue weighted by Gasteiger charge is 2.32. The van der Waals surface area contributed by atoms with E-state index in [-0.39, 0.29) is 11.8 Å². The first kappa shape index (κ1) is 20.4. The van der Waals surface area contributed by atoms with Crippen LogP contribution < -0.4 is 5.32 Å². The lowest BCUT2D eigenvalue weighted by Gasteiger charge is -2.32. The minimum absolute atomic E-state index is 0.0534. The van der Waals surface area contributed by atoms with Crippen LogP contribution in [0.15, 0.2) is 16.8 Å². The van der Waals surface area contributed by atoms with Crippen LogP contribution in [-0.4, -0.2) is 55.3 Å². The number of carbonyl (C=O) groups is 1. The summed E-state index contributed by atoms with van der Waals surface area (Å²) in [4.78, 5) is 24.6. The van der Waals surface area contributed by atoms with E-state index in [9.17, 15) is 4.79 Å². The Morgan fingerprint density at radius 1 is 1.18 bits per heavy atom. The fourth-order valence-electron chi connectivity index (χ4n) is 5.03. The van der Waals surface area contributed by atoms with Crippen LogP contribution in [0.2, 0.25) is 0 Å². The average Bonchev–Trinajstić information content (AvgIpc) is 3.38. The first-order valence-corrected chi connectivity index (χ1v) is 12.1. The van der Waals surface area contributed by atoms with Gasteiger partial charge in [-0.3, -0.25) is 9.89 Å². The molecule has 9 heteroatoms. The normalized spacial score (nSPS) is 18.9. The molecule has 1 amide bonds. The molecule has 1 saturated heterocycles. The van der Waals surface area contributed by atoms with Gasteiger partial charge < -0.3 is 14.7 Å². The molecule has 2 aliphatic carbocycles. The second-order valence-electron chi connectivity index (χ2n) is 9.55. The quantitative estimate of drug-likeness (QED) is 0.614. The van der Waals surface area contributed by atoms with Gasteiger partial charge in [0.05, 0.1) is 17.0 Å². The van der Waals surface area contributed by atoms with E-state index in [4.69, 9.17) is 9.51 Å². The van der Waals surface area contributed by atoms with Crippen molar-refractivity contribution in [2.24, 2.45) is 0 Å². The molecule has 3 aromatic heterocycles. The molecule has 0 radical (unpaired) electrons. The molecule has 0 aromatic carbocycles. The summed E-state index contributed by atoms with van der Waals surface area (Å²) in [7, 11) is 0. The van der Waals surface area contributed by atoms with Crippen LogP contribution in [0.25, 0.3) is 11.3 Å². The number of anilines is 1. The first-order valence-electron chi connectivity index (χ1n) is 12.1. The largest absolute Gasteiger partial charge is 0.356 e. The summed E-state index contributed by atoms with van der Waals surface area (Å²) in [5, 5.41) is 14.9. The van der Waals surface area contributed by atoms with Gasteiger partial charge in [-0.05, 0) is 58.3 Å². The Bertz CT molecular complexity index is 1170. The topological polar surface area (TPSA) is 113 Å². The van der Waals surface area contributed by atoms with Crippen molar-refractivity contribution in [1.29, 1.82) is 0 Å². The SMILES string of the molecule is Cc1cc(-c2cnc(NC3CC3)nc2C2CCN(C(=O)c3n[nH]c4c3CCCC4)CC2)on1. The number of likely N-dealkylation sites (tertiary alicyclic amines) is 1. The molecule has 2 fully saturated rings. The Morgan fingerprint density at radius 2 is 2.00 bits per heavy atom. The maximum atomic E-state index is 13.2. The third-order valence-electron chi connectivity index (χ3n) is 7.05. The Balaban J connectivity index is 1.22. The van der Waals surface area contributed by atoms with E-state index in [0.29, 0.717) is 36.5 Å². The van der Waals surface area contributed by atoms with E-state index in [1.807, 2.05) is 24.1 Å². The van der Waals surface area contributed by atoms with Crippen LogP contribution in [0.4, 0.5) is 5.95 Å². The third kappa shape index (κ3) is 4.00. The minimum atomic E-state index is 0.0534. The number of fused-ring (bicyclic) bond motifs is 1. The summed E-state index contributed by atoms with van der Waals surface area (Å²) in [6, 6.07) is 2.41. The molecule has 0 unspecified atom stereocenters. The zero-order valence-corrected chi connectivity index (χ0v) is 18.9. The Labute approximate surface area is 192 Å². The summed E-state index contributed by atoms with van der Waals surface area (Å²) in [6.45, 7) is 3.29. The van der Waals surface area contributed by atoms with Crippen LogP contribution in [0.3, 0.4) is 0 Å². The highest BCUT2D eigenvalue weighted by atomic mass is 16.5. The van der Waals surface area contributed by atoms with Gasteiger partial charge in [0.1, 0.15) is 0 Å². The van der Waals surface area contributed by atoms with Crippen LogP contribution in [0, 0.1) is 6.92 Å². The molecular formula is C24H29N7O2. The van der Waals surface area contributed by atoms with Crippen molar-refractivity contribution >= 4 is 11.9 Å². The number of piperidine rings is 1. The Kier molecular flexibility index (Phi) is 5.11. The zero-order chi connectivity index (χ0) is 22.4. The number of amides is 1. The van der Waals surface area contributed by atoms with Gasteiger partial charge in [-0.2, -0.15) is 5.10 Å². The number of aromatic amines is 1. The maximum absolute atomic E-state index is 13.2. The van der Waals surface area contributed by atoms with Crippen molar-refractivity contribution in [3.8, 4) is 11.3 Å². The van der Waals surface area contributed by atoms with E-state index in [1.54, 1.807) is 0 Å². The van der Waals surface area contributed by atoms with Gasteiger partial charge in [0.25, 0.3) is 5.91 Å². The Morgan fingerprint density at radius 3 is 2.76 bits per heavy atom. The number of hydrogen-bond acceptors (Lipinski definition) is 7. The van der Waals surface area contributed by atoms with Gasteiger partial charge >= 0.3 is 0 Å². The molecule has 1 saturated carbocycles. The summed E-state index contributed by atoms with van der Waals surface area (Å²) in [6.07, 6.45) is 10.1. The fraction of sp³-hybridized carbons (Fsp3) is 0.542. The molecule has 0 bridgehead atoms. The van der Waals surface area contributed by atoms with Crippen LogP contribution in [0.5, 0.6) is 0 Å². The first-order chi connectivity index (χ1) is 16.2. The molecule has 1 aliphatic heterocycles. The van der Waals surface area contributed by atoms with Crippen molar-refractivity contribution in [2.75, 3.05) is 18.4 Å². The molecule has 2 N–H and O–H groups in total. The number of carbonyl (C=O) groups excluding carboxylic acids is 1. The van der Waals surface area contributed by atoms with Gasteiger partial charge in [-0.1, -0.05) is 5.16 Å². The van der Waals surface area contributed by atoms with Gasteiger partial charge in [0, 0.05) is 48.6 Å². The predicted octanol–water partition coefficient (Wildman–Crippen LogP) is 3.64. The molecule has 3 aliphatic rings. The summed E-state index contributed by atoms with van der Waals surface area (Å²) in [5.41, 5.74) is 5.60. The van der Waals surface area contributed by atoms with Crippen LogP contribution >= 0.6 is 0 Å². The van der Waals surface area contributed by atoms with E-state index >= 15 is 0 Å². The average molecular weight is 448 g/mol.